The summed E-state index contributed by atoms with van der Waals surface area (Å²) in [6, 6.07) is 1.82. The Bertz CT molecular complexity index is 375. The van der Waals surface area contributed by atoms with E-state index in [1.54, 1.807) is 0 Å². The Morgan fingerprint density at radius 3 is 2.88 bits per heavy atom. The number of aryl methyl sites for hydroxylation is 1. The number of ether oxygens (including phenoxy) is 1. The monoisotopic (exact) mass is 302 g/mol. The van der Waals surface area contributed by atoms with E-state index in [1.807, 2.05) is 37.6 Å². The van der Waals surface area contributed by atoms with E-state index in [4.69, 9.17) is 4.74 Å². The second-order valence-corrected chi connectivity index (χ2v) is 4.92. The summed E-state index contributed by atoms with van der Waals surface area (Å²) >= 11 is 3.37. The van der Waals surface area contributed by atoms with Gasteiger partial charge in [-0.25, -0.2) is 0 Å². The van der Waals surface area contributed by atoms with E-state index < -0.39 is 0 Å². The van der Waals surface area contributed by atoms with E-state index in [-0.39, 0.29) is 12.0 Å². The first-order valence-corrected chi connectivity index (χ1v) is 6.59. The largest absolute Gasteiger partial charge is 0.377 e. The Morgan fingerprint density at radius 2 is 2.29 bits per heavy atom. The topological polar surface area (TPSA) is 43.3 Å². The number of halogens is 1. The maximum absolute atomic E-state index is 11.9. The average Bonchev–Trinajstić information content (AvgIpc) is 2.65. The van der Waals surface area contributed by atoms with Crippen molar-refractivity contribution in [2.75, 3.05) is 13.2 Å². The van der Waals surface area contributed by atoms with Crippen LogP contribution in [-0.2, 0) is 11.3 Å². The summed E-state index contributed by atoms with van der Waals surface area (Å²) < 4.78 is 8.18. The molecule has 1 aromatic rings. The number of aromatic nitrogens is 1. The van der Waals surface area contributed by atoms with Gasteiger partial charge in [0.15, 0.2) is 0 Å². The van der Waals surface area contributed by atoms with Crippen LogP contribution in [0.15, 0.2) is 16.7 Å². The Labute approximate surface area is 110 Å². The molecular formula is C12H19BrN2O2. The molecule has 1 heterocycles. The molecule has 0 fully saturated rings. The lowest BCUT2D eigenvalue weighted by Crippen LogP contribution is -2.29. The summed E-state index contributed by atoms with van der Waals surface area (Å²) in [6.45, 7) is 7.80. The van der Waals surface area contributed by atoms with Crippen molar-refractivity contribution in [1.82, 2.24) is 9.88 Å². The minimum absolute atomic E-state index is 0.0649. The first kappa shape index (κ1) is 14.3. The van der Waals surface area contributed by atoms with Crippen LogP contribution in [0.2, 0.25) is 0 Å². The first-order valence-electron chi connectivity index (χ1n) is 5.80. The number of hydrogen-bond donors (Lipinski definition) is 1. The minimum atomic E-state index is -0.0649. The van der Waals surface area contributed by atoms with Crippen molar-refractivity contribution >= 4 is 21.8 Å². The van der Waals surface area contributed by atoms with Crippen molar-refractivity contribution in [2.45, 2.75) is 33.4 Å². The summed E-state index contributed by atoms with van der Waals surface area (Å²) in [6.07, 6.45) is 2.10. The van der Waals surface area contributed by atoms with Crippen molar-refractivity contribution in [1.29, 1.82) is 0 Å². The molecule has 1 aromatic heterocycles. The number of hydrogen-bond acceptors (Lipinski definition) is 2. The number of nitrogens with one attached hydrogen (secondary N) is 1. The fourth-order valence-corrected chi connectivity index (χ4v) is 1.94. The molecule has 0 saturated carbocycles. The molecule has 5 heteroatoms. The van der Waals surface area contributed by atoms with Crippen LogP contribution in [0, 0.1) is 0 Å². The highest BCUT2D eigenvalue weighted by molar-refractivity contribution is 9.10. The molecule has 0 aliphatic heterocycles. The van der Waals surface area contributed by atoms with E-state index in [1.165, 1.54) is 0 Å². The maximum atomic E-state index is 11.9. The van der Waals surface area contributed by atoms with E-state index in [0.29, 0.717) is 18.8 Å². The number of carbonyl (C=O) groups excluding carboxylic acids is 1. The fourth-order valence-electron chi connectivity index (χ4n) is 1.48. The summed E-state index contributed by atoms with van der Waals surface area (Å²) in [5, 5.41) is 2.84. The Kier molecular flexibility index (Phi) is 5.71. The van der Waals surface area contributed by atoms with Gasteiger partial charge in [-0.3, -0.25) is 4.79 Å². The van der Waals surface area contributed by atoms with Crippen LogP contribution < -0.4 is 5.32 Å². The summed E-state index contributed by atoms with van der Waals surface area (Å²) in [4.78, 5) is 11.9. The van der Waals surface area contributed by atoms with Gasteiger partial charge in [-0.2, -0.15) is 0 Å². The molecule has 96 valence electrons. The highest BCUT2D eigenvalue weighted by Gasteiger charge is 2.11. The fraction of sp³-hybridized carbons (Fsp3) is 0.583. The van der Waals surface area contributed by atoms with Crippen LogP contribution in [0.4, 0.5) is 0 Å². The van der Waals surface area contributed by atoms with Gasteiger partial charge >= 0.3 is 0 Å². The smallest absolute Gasteiger partial charge is 0.268 e. The standard InChI is InChI=1S/C12H19BrN2O2/c1-4-15-8-10(13)7-11(15)12(16)14-5-6-17-9(2)3/h7-9H,4-6H2,1-3H3,(H,14,16). The van der Waals surface area contributed by atoms with Crippen LogP contribution in [0.25, 0.3) is 0 Å². The van der Waals surface area contributed by atoms with Gasteiger partial charge in [-0.1, -0.05) is 0 Å². The number of nitrogens with zero attached hydrogens (tertiary/aromatic N) is 1. The number of carbonyl (C=O) groups is 1. The first-order chi connectivity index (χ1) is 8.04. The third-order valence-electron chi connectivity index (χ3n) is 2.28. The van der Waals surface area contributed by atoms with Crippen LogP contribution in [0.3, 0.4) is 0 Å². The van der Waals surface area contributed by atoms with Gasteiger partial charge < -0.3 is 14.6 Å². The van der Waals surface area contributed by atoms with Gasteiger partial charge in [0.05, 0.1) is 12.7 Å². The molecule has 0 aromatic carbocycles. The molecule has 0 aliphatic rings. The lowest BCUT2D eigenvalue weighted by molar-refractivity contribution is 0.0743. The highest BCUT2D eigenvalue weighted by Crippen LogP contribution is 2.14. The van der Waals surface area contributed by atoms with E-state index >= 15 is 0 Å². The predicted octanol–water partition coefficient (Wildman–Crippen LogP) is 2.43. The second kappa shape index (κ2) is 6.81. The van der Waals surface area contributed by atoms with Crippen molar-refractivity contribution < 1.29 is 9.53 Å². The highest BCUT2D eigenvalue weighted by atomic mass is 79.9. The minimum Gasteiger partial charge on any atom is -0.377 e. The molecule has 0 bridgehead atoms. The Morgan fingerprint density at radius 1 is 1.59 bits per heavy atom. The molecule has 0 spiro atoms. The predicted molar refractivity (Wildman–Crippen MR) is 71.2 cm³/mol. The van der Waals surface area contributed by atoms with E-state index in [9.17, 15) is 4.79 Å². The molecule has 1 rings (SSSR count). The van der Waals surface area contributed by atoms with Crippen molar-refractivity contribution in [3.63, 3.8) is 0 Å². The van der Waals surface area contributed by atoms with Crippen LogP contribution >= 0.6 is 15.9 Å². The van der Waals surface area contributed by atoms with Crippen LogP contribution in [0.1, 0.15) is 31.3 Å². The number of rotatable bonds is 6. The summed E-state index contributed by atoms with van der Waals surface area (Å²) in [5.74, 6) is -0.0649. The zero-order valence-corrected chi connectivity index (χ0v) is 12.1. The van der Waals surface area contributed by atoms with Gasteiger partial charge in [-0.15, -0.1) is 0 Å². The summed E-state index contributed by atoms with van der Waals surface area (Å²) in [5.41, 5.74) is 0.670. The zero-order chi connectivity index (χ0) is 12.8. The normalized spacial score (nSPS) is 10.9. The molecule has 1 amide bonds. The van der Waals surface area contributed by atoms with Crippen molar-refractivity contribution in [3.8, 4) is 0 Å². The molecular weight excluding hydrogens is 284 g/mol. The SMILES string of the molecule is CCn1cc(Br)cc1C(=O)NCCOC(C)C. The molecule has 0 aliphatic carbocycles. The molecule has 4 nitrogen and oxygen atoms in total. The van der Waals surface area contributed by atoms with Gasteiger partial charge in [0.25, 0.3) is 5.91 Å². The molecule has 1 N–H and O–H groups in total. The lowest BCUT2D eigenvalue weighted by Gasteiger charge is -2.09. The molecule has 0 unspecified atom stereocenters. The Balaban J connectivity index is 2.46. The van der Waals surface area contributed by atoms with Crippen LogP contribution in [-0.4, -0.2) is 29.7 Å². The van der Waals surface area contributed by atoms with E-state index in [2.05, 4.69) is 21.2 Å². The molecule has 0 saturated heterocycles. The molecule has 0 radical (unpaired) electrons. The zero-order valence-electron chi connectivity index (χ0n) is 10.5. The second-order valence-electron chi connectivity index (χ2n) is 4.01. The van der Waals surface area contributed by atoms with Crippen molar-refractivity contribution in [2.24, 2.45) is 0 Å². The van der Waals surface area contributed by atoms with Gasteiger partial charge in [0.1, 0.15) is 5.69 Å². The lowest BCUT2D eigenvalue weighted by atomic mass is 10.4. The molecule has 0 atom stereocenters. The van der Waals surface area contributed by atoms with E-state index in [0.717, 1.165) is 11.0 Å². The molecule has 17 heavy (non-hydrogen) atoms. The quantitative estimate of drug-likeness (QED) is 0.820. The Hall–Kier alpha value is -0.810. The average molecular weight is 303 g/mol. The number of amides is 1. The summed E-state index contributed by atoms with van der Waals surface area (Å²) in [7, 11) is 0. The van der Waals surface area contributed by atoms with Gasteiger partial charge in [0.2, 0.25) is 0 Å². The van der Waals surface area contributed by atoms with Gasteiger partial charge in [0, 0.05) is 23.8 Å². The third-order valence-corrected chi connectivity index (χ3v) is 2.71. The maximum Gasteiger partial charge on any atom is 0.268 e. The van der Waals surface area contributed by atoms with Crippen molar-refractivity contribution in [3.05, 3.63) is 22.4 Å². The third kappa shape index (κ3) is 4.52. The van der Waals surface area contributed by atoms with Crippen LogP contribution in [0.5, 0.6) is 0 Å². The van der Waals surface area contributed by atoms with Gasteiger partial charge in [-0.05, 0) is 42.8 Å².